The Hall–Kier alpha value is -1.35. The molecule has 4 nitrogen and oxygen atoms in total. The second-order valence-corrected chi connectivity index (χ2v) is 7.57. The van der Waals surface area contributed by atoms with Crippen molar-refractivity contribution in [2.24, 2.45) is 0 Å². The molecule has 0 spiro atoms. The molecule has 0 radical (unpaired) electrons. The van der Waals surface area contributed by atoms with Gasteiger partial charge in [0.25, 0.3) is 10.0 Å². The molecule has 110 valence electrons. The molecule has 2 N–H and O–H groups in total. The van der Waals surface area contributed by atoms with E-state index in [4.69, 9.17) is 0 Å². The highest BCUT2D eigenvalue weighted by Gasteiger charge is 2.19. The normalized spacial score (nSPS) is 13.6. The molecule has 7 heteroatoms. The molecule has 2 aromatic carbocycles. The molecule has 21 heavy (non-hydrogen) atoms. The standard InChI is InChI=1S/C14H12FIN2O2S/c15-10-1-3-14(12(16)8-10)18-21(19,20)11-2-4-13-9(7-11)5-6-17-13/h1-4,7-8,17-18H,5-6H2. The lowest BCUT2D eigenvalue weighted by Crippen LogP contribution is -2.14. The van der Waals surface area contributed by atoms with Gasteiger partial charge in [-0.15, -0.1) is 0 Å². The lowest BCUT2D eigenvalue weighted by molar-refractivity contribution is 0.601. The van der Waals surface area contributed by atoms with Crippen LogP contribution in [-0.2, 0) is 16.4 Å². The summed E-state index contributed by atoms with van der Waals surface area (Å²) in [6.45, 7) is 0.822. The van der Waals surface area contributed by atoms with Crippen LogP contribution in [0.2, 0.25) is 0 Å². The summed E-state index contributed by atoms with van der Waals surface area (Å²) in [6, 6.07) is 8.94. The van der Waals surface area contributed by atoms with Gasteiger partial charge in [0.05, 0.1) is 10.6 Å². The largest absolute Gasteiger partial charge is 0.384 e. The van der Waals surface area contributed by atoms with E-state index in [-0.39, 0.29) is 4.90 Å². The summed E-state index contributed by atoms with van der Waals surface area (Å²) >= 11 is 1.90. The molecule has 1 aliphatic heterocycles. The van der Waals surface area contributed by atoms with Gasteiger partial charge in [-0.3, -0.25) is 4.72 Å². The maximum absolute atomic E-state index is 13.1. The van der Waals surface area contributed by atoms with Gasteiger partial charge in [-0.2, -0.15) is 0 Å². The third kappa shape index (κ3) is 2.98. The Morgan fingerprint density at radius 1 is 1.19 bits per heavy atom. The van der Waals surface area contributed by atoms with Crippen molar-refractivity contribution < 1.29 is 12.8 Å². The number of hydrogen-bond acceptors (Lipinski definition) is 3. The lowest BCUT2D eigenvalue weighted by Gasteiger charge is -2.11. The zero-order valence-corrected chi connectivity index (χ0v) is 13.8. The fourth-order valence-electron chi connectivity index (χ4n) is 2.22. The van der Waals surface area contributed by atoms with Crippen LogP contribution < -0.4 is 10.0 Å². The molecule has 0 fully saturated rings. The first-order valence-electron chi connectivity index (χ1n) is 6.30. The van der Waals surface area contributed by atoms with Gasteiger partial charge in [-0.25, -0.2) is 12.8 Å². The zero-order chi connectivity index (χ0) is 15.0. The monoisotopic (exact) mass is 418 g/mol. The molecule has 0 unspecified atom stereocenters. The molecular formula is C14H12FIN2O2S. The number of rotatable bonds is 3. The smallest absolute Gasteiger partial charge is 0.261 e. The van der Waals surface area contributed by atoms with Gasteiger partial charge in [-0.1, -0.05) is 0 Å². The molecule has 0 atom stereocenters. The molecule has 1 aliphatic rings. The van der Waals surface area contributed by atoms with Gasteiger partial charge in [0, 0.05) is 15.8 Å². The topological polar surface area (TPSA) is 58.2 Å². The highest BCUT2D eigenvalue weighted by atomic mass is 127. The number of anilines is 2. The van der Waals surface area contributed by atoms with E-state index in [1.54, 1.807) is 18.2 Å². The Kier molecular flexibility index (Phi) is 3.78. The van der Waals surface area contributed by atoms with Gasteiger partial charge in [0.2, 0.25) is 0 Å². The van der Waals surface area contributed by atoms with Crippen LogP contribution in [0.1, 0.15) is 5.56 Å². The van der Waals surface area contributed by atoms with Gasteiger partial charge in [0.15, 0.2) is 0 Å². The Labute approximate surface area is 136 Å². The molecule has 3 rings (SSSR count). The molecular weight excluding hydrogens is 406 g/mol. The molecule has 2 aromatic rings. The third-order valence-electron chi connectivity index (χ3n) is 3.27. The average molecular weight is 418 g/mol. The van der Waals surface area contributed by atoms with E-state index in [1.807, 2.05) is 22.6 Å². The van der Waals surface area contributed by atoms with E-state index in [2.05, 4.69) is 10.0 Å². The first-order valence-corrected chi connectivity index (χ1v) is 8.86. The fraction of sp³-hybridized carbons (Fsp3) is 0.143. The summed E-state index contributed by atoms with van der Waals surface area (Å²) in [6.07, 6.45) is 0.812. The summed E-state index contributed by atoms with van der Waals surface area (Å²) in [5, 5.41) is 3.19. The van der Waals surface area contributed by atoms with Crippen molar-refractivity contribution in [3.8, 4) is 0 Å². The van der Waals surface area contributed by atoms with Gasteiger partial charge in [-0.05, 0) is 71.0 Å². The summed E-state index contributed by atoms with van der Waals surface area (Å²) in [4.78, 5) is 0.213. The predicted molar refractivity (Wildman–Crippen MR) is 88.6 cm³/mol. The Balaban J connectivity index is 1.93. The van der Waals surface area contributed by atoms with E-state index in [0.29, 0.717) is 9.26 Å². The summed E-state index contributed by atoms with van der Waals surface area (Å²) < 4.78 is 40.9. The quantitative estimate of drug-likeness (QED) is 0.753. The molecule has 0 saturated heterocycles. The van der Waals surface area contributed by atoms with E-state index in [1.165, 1.54) is 18.2 Å². The van der Waals surface area contributed by atoms with Crippen LogP contribution in [-0.4, -0.2) is 15.0 Å². The minimum Gasteiger partial charge on any atom is -0.384 e. The van der Waals surface area contributed by atoms with Crippen molar-refractivity contribution >= 4 is 44.0 Å². The first kappa shape index (κ1) is 14.6. The first-order chi connectivity index (χ1) is 9.95. The van der Waals surface area contributed by atoms with Crippen molar-refractivity contribution in [3.05, 3.63) is 51.3 Å². The van der Waals surface area contributed by atoms with Crippen LogP contribution in [0.5, 0.6) is 0 Å². The lowest BCUT2D eigenvalue weighted by atomic mass is 10.2. The predicted octanol–water partition coefficient (Wildman–Crippen LogP) is 3.20. The molecule has 0 aromatic heterocycles. The highest BCUT2D eigenvalue weighted by Crippen LogP contribution is 2.27. The van der Waals surface area contributed by atoms with Gasteiger partial charge < -0.3 is 5.32 Å². The van der Waals surface area contributed by atoms with Crippen LogP contribution in [0.4, 0.5) is 15.8 Å². The number of sulfonamides is 1. The van der Waals surface area contributed by atoms with Crippen LogP contribution >= 0.6 is 22.6 Å². The fourth-order valence-corrected chi connectivity index (χ4v) is 4.15. The molecule has 0 amide bonds. The summed E-state index contributed by atoms with van der Waals surface area (Å²) in [5.74, 6) is -0.397. The zero-order valence-electron chi connectivity index (χ0n) is 10.9. The SMILES string of the molecule is O=S(=O)(Nc1ccc(F)cc1I)c1ccc2c(c1)CCN2. The van der Waals surface area contributed by atoms with E-state index in [0.717, 1.165) is 24.2 Å². The minimum atomic E-state index is -3.68. The van der Waals surface area contributed by atoms with Crippen LogP contribution in [0.25, 0.3) is 0 Å². The summed E-state index contributed by atoms with van der Waals surface area (Å²) in [5.41, 5.74) is 2.34. The molecule has 0 aliphatic carbocycles. The highest BCUT2D eigenvalue weighted by molar-refractivity contribution is 14.1. The Bertz CT molecular complexity index is 809. The molecule has 0 bridgehead atoms. The average Bonchev–Trinajstić information content (AvgIpc) is 2.89. The second-order valence-electron chi connectivity index (χ2n) is 4.73. The number of nitrogens with one attached hydrogen (secondary N) is 2. The maximum atomic E-state index is 13.1. The van der Waals surface area contributed by atoms with E-state index >= 15 is 0 Å². The van der Waals surface area contributed by atoms with Gasteiger partial charge >= 0.3 is 0 Å². The maximum Gasteiger partial charge on any atom is 0.261 e. The minimum absolute atomic E-state index is 0.213. The summed E-state index contributed by atoms with van der Waals surface area (Å²) in [7, 11) is -3.68. The number of fused-ring (bicyclic) bond motifs is 1. The van der Waals surface area contributed by atoms with Crippen LogP contribution in [0.3, 0.4) is 0 Å². The number of benzene rings is 2. The molecule has 0 saturated carbocycles. The van der Waals surface area contributed by atoms with E-state index < -0.39 is 15.8 Å². The Morgan fingerprint density at radius 2 is 2.00 bits per heavy atom. The molecule has 1 heterocycles. The third-order valence-corrected chi connectivity index (χ3v) is 5.53. The van der Waals surface area contributed by atoms with E-state index in [9.17, 15) is 12.8 Å². The van der Waals surface area contributed by atoms with Crippen LogP contribution in [0, 0.1) is 9.39 Å². The van der Waals surface area contributed by atoms with Crippen molar-refractivity contribution in [1.29, 1.82) is 0 Å². The second kappa shape index (κ2) is 5.45. The van der Waals surface area contributed by atoms with Crippen LogP contribution in [0.15, 0.2) is 41.3 Å². The number of halogens is 2. The van der Waals surface area contributed by atoms with Crippen molar-refractivity contribution in [2.75, 3.05) is 16.6 Å². The van der Waals surface area contributed by atoms with Crippen molar-refractivity contribution in [3.63, 3.8) is 0 Å². The number of hydrogen-bond donors (Lipinski definition) is 2. The van der Waals surface area contributed by atoms with Crippen molar-refractivity contribution in [1.82, 2.24) is 0 Å². The Morgan fingerprint density at radius 3 is 2.76 bits per heavy atom. The van der Waals surface area contributed by atoms with Gasteiger partial charge in [0.1, 0.15) is 5.82 Å². The van der Waals surface area contributed by atoms with Crippen molar-refractivity contribution in [2.45, 2.75) is 11.3 Å².